The lowest BCUT2D eigenvalue weighted by atomic mass is 10.1. The second kappa shape index (κ2) is 5.84. The van der Waals surface area contributed by atoms with Gasteiger partial charge >= 0.3 is 5.37 Å². The molecule has 0 N–H and O–H groups in total. The summed E-state index contributed by atoms with van der Waals surface area (Å²) in [6.07, 6.45) is 0. The number of hydrogen-bond acceptors (Lipinski definition) is 5. The van der Waals surface area contributed by atoms with Crippen LogP contribution in [0.2, 0.25) is 0 Å². The normalized spacial score (nSPS) is 12.6. The fraction of sp³-hybridized carbons (Fsp3) is 0.0714. The summed E-state index contributed by atoms with van der Waals surface area (Å²) in [5.74, 6) is -1.05. The Labute approximate surface area is 121 Å². The Bertz CT molecular complexity index is 756. The van der Waals surface area contributed by atoms with Gasteiger partial charge in [-0.1, -0.05) is 48.5 Å². The highest BCUT2D eigenvalue weighted by molar-refractivity contribution is 7.92. The van der Waals surface area contributed by atoms with E-state index in [2.05, 4.69) is 0 Å². The van der Waals surface area contributed by atoms with Crippen LogP contribution in [0, 0.1) is 10.1 Å². The van der Waals surface area contributed by atoms with Crippen molar-refractivity contribution in [2.75, 3.05) is 0 Å². The Balaban J connectivity index is 2.50. The Hall–Kier alpha value is -2.54. The molecule has 0 fully saturated rings. The van der Waals surface area contributed by atoms with Crippen LogP contribution in [0.15, 0.2) is 65.6 Å². The van der Waals surface area contributed by atoms with Gasteiger partial charge in [0.25, 0.3) is 15.6 Å². The highest BCUT2D eigenvalue weighted by Gasteiger charge is 2.44. The van der Waals surface area contributed by atoms with E-state index in [1.54, 1.807) is 12.1 Å². The summed E-state index contributed by atoms with van der Waals surface area (Å²) in [6.45, 7) is 0. The van der Waals surface area contributed by atoms with Gasteiger partial charge in [-0.15, -0.1) is 0 Å². The molecule has 0 heterocycles. The van der Waals surface area contributed by atoms with Crippen molar-refractivity contribution < 1.29 is 18.1 Å². The summed E-state index contributed by atoms with van der Waals surface area (Å²) in [5.41, 5.74) is -0.0151. The lowest BCUT2D eigenvalue weighted by Gasteiger charge is -2.10. The topological polar surface area (TPSA) is 94.3 Å². The van der Waals surface area contributed by atoms with Gasteiger partial charge in [0.15, 0.2) is 0 Å². The van der Waals surface area contributed by atoms with Crippen molar-refractivity contribution >= 4 is 15.6 Å². The Morgan fingerprint density at radius 1 is 0.952 bits per heavy atom. The van der Waals surface area contributed by atoms with Crippen molar-refractivity contribution in [3.63, 3.8) is 0 Å². The van der Waals surface area contributed by atoms with Crippen molar-refractivity contribution in [2.45, 2.75) is 10.3 Å². The fourth-order valence-corrected chi connectivity index (χ4v) is 3.27. The molecule has 0 aliphatic heterocycles. The van der Waals surface area contributed by atoms with Crippen LogP contribution in [-0.2, 0) is 9.84 Å². The maximum Gasteiger partial charge on any atom is 0.376 e. The zero-order valence-corrected chi connectivity index (χ0v) is 11.6. The molecule has 21 heavy (non-hydrogen) atoms. The van der Waals surface area contributed by atoms with Crippen LogP contribution in [0.25, 0.3) is 0 Å². The van der Waals surface area contributed by atoms with E-state index in [4.69, 9.17) is 0 Å². The smallest absolute Gasteiger partial charge is 0.285 e. The average Bonchev–Trinajstić information content (AvgIpc) is 2.48. The third-order valence-electron chi connectivity index (χ3n) is 2.84. The predicted octanol–water partition coefficient (Wildman–Crippen LogP) is 1.95. The fourth-order valence-electron chi connectivity index (χ4n) is 1.83. The summed E-state index contributed by atoms with van der Waals surface area (Å²) in [4.78, 5) is 22.0. The predicted molar refractivity (Wildman–Crippen MR) is 75.2 cm³/mol. The largest absolute Gasteiger partial charge is 0.376 e. The summed E-state index contributed by atoms with van der Waals surface area (Å²) in [6, 6.07) is 14.3. The molecule has 0 bridgehead atoms. The van der Waals surface area contributed by atoms with Crippen LogP contribution >= 0.6 is 0 Å². The molecule has 0 spiro atoms. The number of hydrogen-bond donors (Lipinski definition) is 0. The van der Waals surface area contributed by atoms with E-state index in [0.717, 1.165) is 0 Å². The van der Waals surface area contributed by atoms with Crippen molar-refractivity contribution in [3.05, 3.63) is 76.3 Å². The number of nitro groups is 1. The molecule has 0 aliphatic rings. The minimum atomic E-state index is -4.40. The lowest BCUT2D eigenvalue weighted by molar-refractivity contribution is -0.481. The quantitative estimate of drug-likeness (QED) is 0.478. The van der Waals surface area contributed by atoms with Gasteiger partial charge in [-0.05, 0) is 12.1 Å². The number of benzene rings is 2. The first-order chi connectivity index (χ1) is 9.94. The maximum atomic E-state index is 12.3. The van der Waals surface area contributed by atoms with Crippen LogP contribution < -0.4 is 0 Å². The zero-order chi connectivity index (χ0) is 15.5. The number of carbonyl (C=O) groups excluding carboxylic acids is 1. The molecule has 0 radical (unpaired) electrons. The van der Waals surface area contributed by atoms with Crippen molar-refractivity contribution in [3.8, 4) is 0 Å². The van der Waals surface area contributed by atoms with Gasteiger partial charge in [0, 0.05) is 10.5 Å². The molecule has 0 amide bonds. The number of rotatable bonds is 5. The van der Waals surface area contributed by atoms with Crippen LogP contribution in [0.1, 0.15) is 10.4 Å². The van der Waals surface area contributed by atoms with Crippen molar-refractivity contribution in [1.29, 1.82) is 0 Å². The first-order valence-corrected chi connectivity index (χ1v) is 7.51. The second-order valence-electron chi connectivity index (χ2n) is 4.23. The number of sulfone groups is 1. The molecule has 2 aromatic carbocycles. The molecule has 0 saturated carbocycles. The highest BCUT2D eigenvalue weighted by Crippen LogP contribution is 2.19. The van der Waals surface area contributed by atoms with Gasteiger partial charge in [-0.3, -0.25) is 14.9 Å². The first-order valence-electron chi connectivity index (χ1n) is 5.96. The summed E-state index contributed by atoms with van der Waals surface area (Å²) in [7, 11) is -4.40. The summed E-state index contributed by atoms with van der Waals surface area (Å²) < 4.78 is 24.7. The van der Waals surface area contributed by atoms with Gasteiger partial charge in [0.1, 0.15) is 0 Å². The minimum Gasteiger partial charge on any atom is -0.285 e. The molecule has 1 unspecified atom stereocenters. The van der Waals surface area contributed by atoms with Crippen molar-refractivity contribution in [1.82, 2.24) is 0 Å². The van der Waals surface area contributed by atoms with Crippen LogP contribution in [0.5, 0.6) is 0 Å². The number of carbonyl (C=O) groups is 1. The molecular formula is C14H11NO5S. The van der Waals surface area contributed by atoms with E-state index in [0.29, 0.717) is 0 Å². The highest BCUT2D eigenvalue weighted by atomic mass is 32.2. The lowest BCUT2D eigenvalue weighted by Crippen LogP contribution is -2.37. The average molecular weight is 305 g/mol. The number of nitrogens with zero attached hydrogens (tertiary/aromatic N) is 1. The molecule has 0 aliphatic carbocycles. The second-order valence-corrected chi connectivity index (χ2v) is 6.23. The minimum absolute atomic E-state index is 0.0151. The molecule has 1 atom stereocenters. The van der Waals surface area contributed by atoms with Gasteiger partial charge in [0.2, 0.25) is 0 Å². The zero-order valence-electron chi connectivity index (χ0n) is 10.7. The Morgan fingerprint density at radius 3 is 1.90 bits per heavy atom. The number of ketones is 1. The molecule has 7 heteroatoms. The van der Waals surface area contributed by atoms with Crippen LogP contribution in [0.4, 0.5) is 0 Å². The van der Waals surface area contributed by atoms with Crippen molar-refractivity contribution in [2.24, 2.45) is 0 Å². The standard InChI is InChI=1S/C14H11NO5S/c16-13(11-7-3-1-4-8-11)14(15(17)18)21(19,20)12-9-5-2-6-10-12/h1-10,14H. The molecular weight excluding hydrogens is 294 g/mol. The van der Waals surface area contributed by atoms with E-state index in [1.165, 1.54) is 48.5 Å². The summed E-state index contributed by atoms with van der Waals surface area (Å²) >= 11 is 0. The molecule has 108 valence electrons. The Kier molecular flexibility index (Phi) is 4.13. The van der Waals surface area contributed by atoms with E-state index in [-0.39, 0.29) is 10.5 Å². The third kappa shape index (κ3) is 2.97. The van der Waals surface area contributed by atoms with E-state index < -0.39 is 25.9 Å². The van der Waals surface area contributed by atoms with Gasteiger partial charge in [-0.2, -0.15) is 0 Å². The van der Waals surface area contributed by atoms with Gasteiger partial charge in [-0.25, -0.2) is 8.42 Å². The molecule has 2 aromatic rings. The number of Topliss-reactive ketones (excluding diaryl/α,β-unsaturated/α-hetero) is 1. The Morgan fingerprint density at radius 2 is 1.43 bits per heavy atom. The first kappa shape index (κ1) is 14.9. The maximum absolute atomic E-state index is 12.3. The molecule has 0 aromatic heterocycles. The monoisotopic (exact) mass is 305 g/mol. The third-order valence-corrected chi connectivity index (χ3v) is 4.74. The van der Waals surface area contributed by atoms with Gasteiger partial charge < -0.3 is 0 Å². The SMILES string of the molecule is O=C(c1ccccc1)C([N+](=O)[O-])S(=O)(=O)c1ccccc1. The molecule has 6 nitrogen and oxygen atoms in total. The summed E-state index contributed by atoms with van der Waals surface area (Å²) in [5, 5.41) is 8.79. The molecule has 2 rings (SSSR count). The van der Waals surface area contributed by atoms with Crippen LogP contribution in [-0.4, -0.2) is 24.5 Å². The van der Waals surface area contributed by atoms with Gasteiger partial charge in [0.05, 0.1) is 4.90 Å². The van der Waals surface area contributed by atoms with E-state index in [1.807, 2.05) is 0 Å². The molecule has 0 saturated heterocycles. The van der Waals surface area contributed by atoms with E-state index >= 15 is 0 Å². The van der Waals surface area contributed by atoms with E-state index in [9.17, 15) is 23.3 Å². The van der Waals surface area contributed by atoms with Crippen LogP contribution in [0.3, 0.4) is 0 Å².